The zero-order valence-electron chi connectivity index (χ0n) is 19.4. The smallest absolute Gasteiger partial charge is 0.410 e. The summed E-state index contributed by atoms with van der Waals surface area (Å²) in [6, 6.07) is 8.22. The fourth-order valence-electron chi connectivity index (χ4n) is 3.26. The summed E-state index contributed by atoms with van der Waals surface area (Å²) in [6.07, 6.45) is 1.30. The lowest BCUT2D eigenvalue weighted by Gasteiger charge is -2.36. The van der Waals surface area contributed by atoms with Crippen LogP contribution in [-0.4, -0.2) is 60.4 Å². The molecule has 33 heavy (non-hydrogen) atoms. The molecule has 2 heterocycles. The Kier molecular flexibility index (Phi) is 7.86. The first-order valence-corrected chi connectivity index (χ1v) is 11.2. The predicted molar refractivity (Wildman–Crippen MR) is 130 cm³/mol. The van der Waals surface area contributed by atoms with Crippen LogP contribution in [-0.2, 0) is 4.74 Å². The largest absolute Gasteiger partial charge is 0.492 e. The number of benzene rings is 1. The molecule has 0 spiro atoms. The van der Waals surface area contributed by atoms with Crippen molar-refractivity contribution in [2.75, 3.05) is 48.3 Å². The van der Waals surface area contributed by atoms with E-state index in [1.807, 2.05) is 33.8 Å². The molecule has 1 aromatic heterocycles. The van der Waals surface area contributed by atoms with Crippen LogP contribution in [0.1, 0.15) is 27.7 Å². The Bertz CT molecular complexity index is 970. The molecule has 0 bridgehead atoms. The van der Waals surface area contributed by atoms with E-state index in [2.05, 4.69) is 20.5 Å². The van der Waals surface area contributed by atoms with Crippen molar-refractivity contribution in [3.63, 3.8) is 0 Å². The minimum Gasteiger partial charge on any atom is -0.492 e. The van der Waals surface area contributed by atoms with Crippen molar-refractivity contribution in [1.82, 2.24) is 9.88 Å². The van der Waals surface area contributed by atoms with Crippen LogP contribution in [0, 0.1) is 0 Å². The van der Waals surface area contributed by atoms with Crippen LogP contribution in [0.25, 0.3) is 0 Å². The van der Waals surface area contributed by atoms with Gasteiger partial charge >= 0.3 is 12.1 Å². The number of halogens is 1. The molecule has 3 rings (SSSR count). The van der Waals surface area contributed by atoms with Crippen LogP contribution in [0.2, 0.25) is 5.02 Å². The number of rotatable bonds is 5. The number of urea groups is 1. The van der Waals surface area contributed by atoms with Gasteiger partial charge < -0.3 is 29.9 Å². The maximum atomic E-state index is 12.4. The number of piperazine rings is 1. The SMILES string of the molecule is CCOc1ccc(Cl)cc1NC(=O)Nc1ccc(N2CCN(C(=O)OC(C)(C)C)CC2)nc1. The fraction of sp³-hybridized carbons (Fsp3) is 0.435. The molecular weight excluding hydrogens is 446 g/mol. The summed E-state index contributed by atoms with van der Waals surface area (Å²) in [4.78, 5) is 32.9. The number of carbonyl (C=O) groups excluding carboxylic acids is 2. The predicted octanol–water partition coefficient (Wildman–Crippen LogP) is 4.83. The molecule has 1 aliphatic rings. The van der Waals surface area contributed by atoms with E-state index >= 15 is 0 Å². The molecule has 0 atom stereocenters. The second-order valence-electron chi connectivity index (χ2n) is 8.51. The zero-order chi connectivity index (χ0) is 24.0. The van der Waals surface area contributed by atoms with Crippen LogP contribution in [0.4, 0.5) is 26.8 Å². The van der Waals surface area contributed by atoms with E-state index in [9.17, 15) is 9.59 Å². The number of ether oxygens (including phenoxy) is 2. The van der Waals surface area contributed by atoms with Gasteiger partial charge in [-0.2, -0.15) is 0 Å². The van der Waals surface area contributed by atoms with Crippen molar-refractivity contribution in [1.29, 1.82) is 0 Å². The molecule has 0 radical (unpaired) electrons. The van der Waals surface area contributed by atoms with Crippen LogP contribution >= 0.6 is 11.6 Å². The van der Waals surface area contributed by atoms with Crippen LogP contribution in [0.5, 0.6) is 5.75 Å². The molecule has 2 N–H and O–H groups in total. The normalized spacial score (nSPS) is 14.0. The molecule has 9 nitrogen and oxygen atoms in total. The Morgan fingerprint density at radius 1 is 1.09 bits per heavy atom. The van der Waals surface area contributed by atoms with Gasteiger partial charge in [-0.05, 0) is 58.0 Å². The lowest BCUT2D eigenvalue weighted by molar-refractivity contribution is 0.0240. The van der Waals surface area contributed by atoms with E-state index in [1.54, 1.807) is 35.4 Å². The van der Waals surface area contributed by atoms with Gasteiger partial charge in [-0.3, -0.25) is 0 Å². The molecular formula is C23H30ClN5O4. The minimum atomic E-state index is -0.512. The number of hydrogen-bond donors (Lipinski definition) is 2. The van der Waals surface area contributed by atoms with Crippen molar-refractivity contribution < 1.29 is 19.1 Å². The first-order chi connectivity index (χ1) is 15.6. The second-order valence-corrected chi connectivity index (χ2v) is 8.95. The average molecular weight is 476 g/mol. The van der Waals surface area contributed by atoms with Gasteiger partial charge in [0.05, 0.1) is 24.2 Å². The lowest BCUT2D eigenvalue weighted by Crippen LogP contribution is -2.50. The van der Waals surface area contributed by atoms with E-state index in [-0.39, 0.29) is 6.09 Å². The summed E-state index contributed by atoms with van der Waals surface area (Å²) in [7, 11) is 0. The van der Waals surface area contributed by atoms with Crippen molar-refractivity contribution >= 4 is 40.9 Å². The van der Waals surface area contributed by atoms with Crippen LogP contribution < -0.4 is 20.3 Å². The Labute approximate surface area is 199 Å². The molecule has 3 amide bonds. The second kappa shape index (κ2) is 10.6. The van der Waals surface area contributed by atoms with E-state index in [4.69, 9.17) is 21.1 Å². The third-order valence-corrected chi connectivity index (χ3v) is 4.99. The van der Waals surface area contributed by atoms with Gasteiger partial charge in [0.1, 0.15) is 17.2 Å². The van der Waals surface area contributed by atoms with Gasteiger partial charge in [0, 0.05) is 31.2 Å². The summed E-state index contributed by atoms with van der Waals surface area (Å²) in [5, 5.41) is 5.99. The summed E-state index contributed by atoms with van der Waals surface area (Å²) < 4.78 is 11.0. The van der Waals surface area contributed by atoms with E-state index in [1.165, 1.54) is 0 Å². The highest BCUT2D eigenvalue weighted by atomic mass is 35.5. The van der Waals surface area contributed by atoms with E-state index < -0.39 is 11.6 Å². The third kappa shape index (κ3) is 7.15. The molecule has 1 saturated heterocycles. The van der Waals surface area contributed by atoms with Crippen molar-refractivity contribution in [2.24, 2.45) is 0 Å². The molecule has 0 aliphatic carbocycles. The van der Waals surface area contributed by atoms with Crippen LogP contribution in [0.15, 0.2) is 36.5 Å². The molecule has 10 heteroatoms. The number of hydrogen-bond acceptors (Lipinski definition) is 6. The Morgan fingerprint density at radius 2 is 1.82 bits per heavy atom. The van der Waals surface area contributed by atoms with Gasteiger partial charge in [0.25, 0.3) is 0 Å². The Balaban J connectivity index is 1.53. The number of carbonyl (C=O) groups is 2. The van der Waals surface area contributed by atoms with Gasteiger partial charge in [-0.1, -0.05) is 11.6 Å². The fourth-order valence-corrected chi connectivity index (χ4v) is 3.43. The number of aromatic nitrogens is 1. The standard InChI is InChI=1S/C23H30ClN5O4/c1-5-32-19-8-6-16(24)14-18(19)27-21(30)26-17-7-9-20(25-15-17)28-10-12-29(13-11-28)22(31)33-23(2,3)4/h6-9,14-15H,5,10-13H2,1-4H3,(H2,26,27,30). The van der Waals surface area contributed by atoms with E-state index in [0.29, 0.717) is 54.9 Å². The summed E-state index contributed by atoms with van der Waals surface area (Å²) in [5.74, 6) is 1.31. The van der Waals surface area contributed by atoms with Gasteiger partial charge in [0.15, 0.2) is 0 Å². The monoisotopic (exact) mass is 475 g/mol. The third-order valence-electron chi connectivity index (χ3n) is 4.75. The van der Waals surface area contributed by atoms with Crippen molar-refractivity contribution in [3.05, 3.63) is 41.6 Å². The van der Waals surface area contributed by atoms with Gasteiger partial charge in [0.2, 0.25) is 0 Å². The maximum Gasteiger partial charge on any atom is 0.410 e. The highest BCUT2D eigenvalue weighted by Crippen LogP contribution is 2.28. The van der Waals surface area contributed by atoms with Crippen molar-refractivity contribution in [2.45, 2.75) is 33.3 Å². The number of pyridine rings is 1. The quantitative estimate of drug-likeness (QED) is 0.642. The summed E-state index contributed by atoms with van der Waals surface area (Å²) in [6.45, 7) is 10.3. The first-order valence-electron chi connectivity index (χ1n) is 10.8. The first kappa shape index (κ1) is 24.4. The Hall–Kier alpha value is -3.20. The average Bonchev–Trinajstić information content (AvgIpc) is 2.75. The Morgan fingerprint density at radius 3 is 2.42 bits per heavy atom. The molecule has 1 aliphatic heterocycles. The topological polar surface area (TPSA) is 96.0 Å². The number of nitrogens with one attached hydrogen (secondary N) is 2. The van der Waals surface area contributed by atoms with Crippen molar-refractivity contribution in [3.8, 4) is 5.75 Å². The highest BCUT2D eigenvalue weighted by molar-refractivity contribution is 6.31. The van der Waals surface area contributed by atoms with Crippen LogP contribution in [0.3, 0.4) is 0 Å². The van der Waals surface area contributed by atoms with Gasteiger partial charge in [-0.15, -0.1) is 0 Å². The zero-order valence-corrected chi connectivity index (χ0v) is 20.1. The molecule has 0 unspecified atom stereocenters. The molecule has 0 saturated carbocycles. The van der Waals surface area contributed by atoms with E-state index in [0.717, 1.165) is 5.82 Å². The maximum absolute atomic E-state index is 12.4. The lowest BCUT2D eigenvalue weighted by atomic mass is 10.2. The summed E-state index contributed by atoms with van der Waals surface area (Å²) in [5.41, 5.74) is 0.514. The minimum absolute atomic E-state index is 0.298. The number of amides is 3. The number of anilines is 3. The molecule has 1 fully saturated rings. The van der Waals surface area contributed by atoms with Gasteiger partial charge in [-0.25, -0.2) is 14.6 Å². The number of nitrogens with zero attached hydrogens (tertiary/aromatic N) is 3. The summed E-state index contributed by atoms with van der Waals surface area (Å²) >= 11 is 6.04. The molecule has 1 aromatic carbocycles. The molecule has 2 aromatic rings. The highest BCUT2D eigenvalue weighted by Gasteiger charge is 2.26. The molecule has 178 valence electrons.